The Hall–Kier alpha value is -3.43. The Morgan fingerprint density at radius 1 is 0.917 bits per heavy atom. The van der Waals surface area contributed by atoms with E-state index in [1.807, 2.05) is 17.5 Å². The lowest BCUT2D eigenvalue weighted by Crippen LogP contribution is -2.50. The van der Waals surface area contributed by atoms with E-state index in [4.69, 9.17) is 14.5 Å². The van der Waals surface area contributed by atoms with Crippen molar-refractivity contribution >= 4 is 23.2 Å². The number of fused-ring (bicyclic) bond motifs is 1. The predicted octanol–water partition coefficient (Wildman–Crippen LogP) is 3.69. The number of nitrogens with zero attached hydrogens (tertiary/aromatic N) is 4. The van der Waals surface area contributed by atoms with Crippen molar-refractivity contribution in [3.8, 4) is 11.5 Å². The second kappa shape index (κ2) is 10.7. The summed E-state index contributed by atoms with van der Waals surface area (Å²) in [4.78, 5) is 35.2. The van der Waals surface area contributed by atoms with E-state index < -0.39 is 0 Å². The molecule has 1 saturated heterocycles. The number of carbonyl (C=O) groups excluding carboxylic acids is 2. The Balaban J connectivity index is 1.28. The number of thiazole rings is 1. The summed E-state index contributed by atoms with van der Waals surface area (Å²) < 4.78 is 11.0. The molecular weight excluding hydrogens is 476 g/mol. The second-order valence-electron chi connectivity index (χ2n) is 9.24. The first kappa shape index (κ1) is 24.3. The molecule has 0 radical (unpaired) electrons. The maximum Gasteiger partial charge on any atom is 0.273 e. The van der Waals surface area contributed by atoms with Crippen LogP contribution >= 0.6 is 11.3 Å². The zero-order valence-corrected chi connectivity index (χ0v) is 21.4. The number of piperazine rings is 1. The monoisotopic (exact) mass is 506 g/mol. The van der Waals surface area contributed by atoms with E-state index >= 15 is 0 Å². The van der Waals surface area contributed by atoms with E-state index in [9.17, 15) is 9.59 Å². The summed E-state index contributed by atoms with van der Waals surface area (Å²) in [7, 11) is 0. The molecule has 2 aliphatic heterocycles. The molecule has 5 rings (SSSR count). The number of ether oxygens (including phenoxy) is 2. The molecule has 0 N–H and O–H groups in total. The summed E-state index contributed by atoms with van der Waals surface area (Å²) in [5, 5.41) is 2.74. The van der Waals surface area contributed by atoms with Crippen molar-refractivity contribution in [3.05, 3.63) is 75.2 Å². The van der Waals surface area contributed by atoms with Gasteiger partial charge in [0.1, 0.15) is 10.7 Å². The fraction of sp³-hybridized carbons (Fsp3) is 0.370. The van der Waals surface area contributed by atoms with Crippen molar-refractivity contribution < 1.29 is 19.1 Å². The molecule has 0 saturated carbocycles. The van der Waals surface area contributed by atoms with E-state index in [-0.39, 0.29) is 18.6 Å². The molecule has 3 aromatic rings. The topological polar surface area (TPSA) is 75.2 Å². The quantitative estimate of drug-likeness (QED) is 0.487. The van der Waals surface area contributed by atoms with Crippen LogP contribution in [0.5, 0.6) is 11.5 Å². The molecule has 9 heteroatoms. The van der Waals surface area contributed by atoms with E-state index in [0.29, 0.717) is 45.0 Å². The Morgan fingerprint density at radius 2 is 1.58 bits per heavy atom. The summed E-state index contributed by atoms with van der Waals surface area (Å²) in [5.41, 5.74) is 4.05. The minimum atomic E-state index is -0.0680. The van der Waals surface area contributed by atoms with Gasteiger partial charge in [0.05, 0.1) is 6.54 Å². The van der Waals surface area contributed by atoms with Gasteiger partial charge in [0.15, 0.2) is 11.5 Å². The molecular formula is C27H30N4O4S. The highest BCUT2D eigenvalue weighted by atomic mass is 32.1. The maximum absolute atomic E-state index is 13.0. The number of aromatic nitrogens is 1. The van der Waals surface area contributed by atoms with Crippen molar-refractivity contribution in [1.29, 1.82) is 0 Å². The summed E-state index contributed by atoms with van der Waals surface area (Å²) in [5.74, 6) is 1.53. The van der Waals surface area contributed by atoms with Gasteiger partial charge in [-0.1, -0.05) is 35.9 Å². The van der Waals surface area contributed by atoms with Crippen LogP contribution in [0.1, 0.15) is 39.1 Å². The van der Waals surface area contributed by atoms with Crippen LogP contribution in [0.3, 0.4) is 0 Å². The Morgan fingerprint density at radius 3 is 2.33 bits per heavy atom. The molecule has 2 amide bonds. The third-order valence-corrected chi connectivity index (χ3v) is 7.35. The van der Waals surface area contributed by atoms with E-state index in [1.54, 1.807) is 16.7 Å². The SMILES string of the molecule is CC(=O)N1CCN(C(=O)c2csc(CN(Cc3ccc(C)cc3)Cc3ccc4c(c3)OCO4)n2)CC1. The summed E-state index contributed by atoms with van der Waals surface area (Å²) in [6.45, 7) is 8.20. The molecule has 3 heterocycles. The molecule has 2 aliphatic rings. The molecule has 8 nitrogen and oxygen atoms in total. The number of hydrogen-bond acceptors (Lipinski definition) is 7. The standard InChI is InChI=1S/C27H30N4O4S/c1-19-3-5-21(6-4-19)14-29(15-22-7-8-24-25(13-22)35-18-34-24)16-26-28-23(17-36-26)27(33)31-11-9-30(10-12-31)20(2)32/h3-8,13,17H,9-12,14-16,18H2,1-2H3. The maximum atomic E-state index is 13.0. The minimum absolute atomic E-state index is 0.0502. The van der Waals surface area contributed by atoms with Gasteiger partial charge < -0.3 is 19.3 Å². The number of hydrogen-bond donors (Lipinski definition) is 0. The number of aryl methyl sites for hydroxylation is 1. The average Bonchev–Trinajstić information content (AvgIpc) is 3.54. The number of carbonyl (C=O) groups is 2. The van der Waals surface area contributed by atoms with Crippen molar-refractivity contribution in [2.24, 2.45) is 0 Å². The fourth-order valence-electron chi connectivity index (χ4n) is 4.48. The number of amides is 2. The molecule has 36 heavy (non-hydrogen) atoms. The lowest BCUT2D eigenvalue weighted by molar-refractivity contribution is -0.130. The average molecular weight is 507 g/mol. The smallest absolute Gasteiger partial charge is 0.273 e. The molecule has 1 fully saturated rings. The summed E-state index contributed by atoms with van der Waals surface area (Å²) in [6, 6.07) is 14.6. The largest absolute Gasteiger partial charge is 0.454 e. The second-order valence-corrected chi connectivity index (χ2v) is 10.2. The van der Waals surface area contributed by atoms with Crippen molar-refractivity contribution in [1.82, 2.24) is 19.7 Å². The van der Waals surface area contributed by atoms with Gasteiger partial charge in [-0.3, -0.25) is 14.5 Å². The highest BCUT2D eigenvalue weighted by Crippen LogP contribution is 2.33. The van der Waals surface area contributed by atoms with E-state index in [2.05, 4.69) is 42.2 Å². The lowest BCUT2D eigenvalue weighted by atomic mass is 10.1. The van der Waals surface area contributed by atoms with Gasteiger partial charge >= 0.3 is 0 Å². The third kappa shape index (κ3) is 5.68. The van der Waals surface area contributed by atoms with Gasteiger partial charge in [0, 0.05) is 51.6 Å². The van der Waals surface area contributed by atoms with Crippen molar-refractivity contribution in [2.75, 3.05) is 33.0 Å². The lowest BCUT2D eigenvalue weighted by Gasteiger charge is -2.33. The third-order valence-electron chi connectivity index (χ3n) is 6.51. The fourth-order valence-corrected chi connectivity index (χ4v) is 5.29. The highest BCUT2D eigenvalue weighted by Gasteiger charge is 2.25. The molecule has 0 bridgehead atoms. The molecule has 188 valence electrons. The first-order valence-electron chi connectivity index (χ1n) is 12.1. The summed E-state index contributed by atoms with van der Waals surface area (Å²) >= 11 is 1.51. The van der Waals surface area contributed by atoms with Gasteiger partial charge in [-0.15, -0.1) is 11.3 Å². The van der Waals surface area contributed by atoms with Crippen LogP contribution in [0.4, 0.5) is 0 Å². The molecule has 0 atom stereocenters. The van der Waals surface area contributed by atoms with Crippen LogP contribution in [-0.2, 0) is 24.4 Å². The van der Waals surface area contributed by atoms with Gasteiger partial charge in [-0.2, -0.15) is 0 Å². The summed E-state index contributed by atoms with van der Waals surface area (Å²) in [6.07, 6.45) is 0. The van der Waals surface area contributed by atoms with Gasteiger partial charge in [-0.25, -0.2) is 4.98 Å². The molecule has 0 unspecified atom stereocenters. The first-order chi connectivity index (χ1) is 17.4. The van der Waals surface area contributed by atoms with Gasteiger partial charge in [0.25, 0.3) is 5.91 Å². The highest BCUT2D eigenvalue weighted by molar-refractivity contribution is 7.09. The van der Waals surface area contributed by atoms with Crippen molar-refractivity contribution in [3.63, 3.8) is 0 Å². The first-order valence-corrected chi connectivity index (χ1v) is 13.0. The molecule has 1 aromatic heterocycles. The Bertz CT molecular complexity index is 1230. The van der Waals surface area contributed by atoms with Crippen LogP contribution < -0.4 is 9.47 Å². The Kier molecular flexibility index (Phi) is 7.20. The van der Waals surface area contributed by atoms with Gasteiger partial charge in [0.2, 0.25) is 12.7 Å². The van der Waals surface area contributed by atoms with Crippen LogP contribution in [0.2, 0.25) is 0 Å². The zero-order chi connectivity index (χ0) is 25.1. The van der Waals surface area contributed by atoms with Crippen LogP contribution in [0, 0.1) is 6.92 Å². The normalized spacial score (nSPS) is 15.0. The van der Waals surface area contributed by atoms with E-state index in [0.717, 1.165) is 28.6 Å². The molecule has 0 aliphatic carbocycles. The minimum Gasteiger partial charge on any atom is -0.454 e. The van der Waals surface area contributed by atoms with Crippen molar-refractivity contribution in [2.45, 2.75) is 33.5 Å². The predicted molar refractivity (Wildman–Crippen MR) is 137 cm³/mol. The van der Waals surface area contributed by atoms with E-state index in [1.165, 1.54) is 22.5 Å². The number of benzene rings is 2. The number of rotatable bonds is 7. The molecule has 0 spiro atoms. The zero-order valence-electron chi connectivity index (χ0n) is 20.6. The Labute approximate surface area is 215 Å². The van der Waals surface area contributed by atoms with Crippen LogP contribution in [0.15, 0.2) is 47.8 Å². The van der Waals surface area contributed by atoms with Crippen LogP contribution in [-0.4, -0.2) is 64.5 Å². The van der Waals surface area contributed by atoms with Gasteiger partial charge in [-0.05, 0) is 30.2 Å². The molecule has 2 aromatic carbocycles. The van der Waals surface area contributed by atoms with Crippen LogP contribution in [0.25, 0.3) is 0 Å².